The number of aromatic nitrogens is 1. The molecule has 0 saturated carbocycles. The summed E-state index contributed by atoms with van der Waals surface area (Å²) in [6.45, 7) is 3.80. The van der Waals surface area contributed by atoms with Crippen molar-refractivity contribution in [1.82, 2.24) is 9.88 Å². The molecule has 2 aromatic rings. The van der Waals surface area contributed by atoms with Crippen LogP contribution in [0.4, 0.5) is 0 Å². The fourth-order valence-electron chi connectivity index (χ4n) is 4.23. The lowest BCUT2D eigenvalue weighted by molar-refractivity contribution is -0.122. The van der Waals surface area contributed by atoms with Gasteiger partial charge in [-0.2, -0.15) is 0 Å². The summed E-state index contributed by atoms with van der Waals surface area (Å²) in [4.78, 5) is 18.8. The van der Waals surface area contributed by atoms with Crippen LogP contribution < -0.4 is 4.74 Å². The number of benzene rings is 1. The molecule has 0 unspecified atom stereocenters. The molecule has 1 atom stereocenters. The highest BCUT2D eigenvalue weighted by Gasteiger charge is 2.54. The molecule has 0 aliphatic carbocycles. The zero-order valence-corrected chi connectivity index (χ0v) is 15.1. The van der Waals surface area contributed by atoms with Gasteiger partial charge in [0.05, 0.1) is 39.1 Å². The molecule has 2 saturated heterocycles. The van der Waals surface area contributed by atoms with Gasteiger partial charge in [-0.25, -0.2) is 0 Å². The number of rotatable bonds is 4. The SMILES string of the molecule is O=C(c1ccc2c(c1)COC2)N1CC2(C1)OCC[C@@H]2COc1cccnc1. The minimum absolute atomic E-state index is 0.0674. The van der Waals surface area contributed by atoms with Crippen LogP contribution in [0.1, 0.15) is 27.9 Å². The fraction of sp³-hybridized carbons (Fsp3) is 0.429. The van der Waals surface area contributed by atoms with Crippen molar-refractivity contribution in [3.63, 3.8) is 0 Å². The summed E-state index contributed by atoms with van der Waals surface area (Å²) >= 11 is 0. The summed E-state index contributed by atoms with van der Waals surface area (Å²) in [7, 11) is 0. The largest absolute Gasteiger partial charge is 0.492 e. The van der Waals surface area contributed by atoms with Crippen LogP contribution in [0.5, 0.6) is 5.75 Å². The minimum atomic E-state index is -0.266. The third-order valence-electron chi connectivity index (χ3n) is 5.86. The van der Waals surface area contributed by atoms with Gasteiger partial charge in [-0.15, -0.1) is 0 Å². The van der Waals surface area contributed by atoms with E-state index in [4.69, 9.17) is 14.2 Å². The Balaban J connectivity index is 1.22. The van der Waals surface area contributed by atoms with Crippen molar-refractivity contribution in [2.45, 2.75) is 25.2 Å². The van der Waals surface area contributed by atoms with Crippen LogP contribution in [0.3, 0.4) is 0 Å². The van der Waals surface area contributed by atoms with E-state index >= 15 is 0 Å². The van der Waals surface area contributed by atoms with E-state index in [1.165, 1.54) is 5.56 Å². The Kier molecular flexibility index (Phi) is 4.10. The maximum absolute atomic E-state index is 12.8. The highest BCUT2D eigenvalue weighted by atomic mass is 16.5. The van der Waals surface area contributed by atoms with Crippen molar-refractivity contribution >= 4 is 5.91 Å². The van der Waals surface area contributed by atoms with Crippen molar-refractivity contribution in [2.75, 3.05) is 26.3 Å². The van der Waals surface area contributed by atoms with Crippen LogP contribution in [0.2, 0.25) is 0 Å². The molecule has 4 heterocycles. The van der Waals surface area contributed by atoms with E-state index in [0.29, 0.717) is 32.9 Å². The first-order valence-electron chi connectivity index (χ1n) is 9.39. The number of carbonyl (C=O) groups is 1. The third kappa shape index (κ3) is 2.99. The minimum Gasteiger partial charge on any atom is -0.492 e. The van der Waals surface area contributed by atoms with E-state index in [0.717, 1.165) is 29.9 Å². The van der Waals surface area contributed by atoms with Gasteiger partial charge in [0.1, 0.15) is 11.4 Å². The smallest absolute Gasteiger partial charge is 0.254 e. The third-order valence-corrected chi connectivity index (χ3v) is 5.86. The Morgan fingerprint density at radius 3 is 3.00 bits per heavy atom. The zero-order chi connectivity index (χ0) is 18.3. The molecular weight excluding hydrogens is 344 g/mol. The van der Waals surface area contributed by atoms with E-state index in [-0.39, 0.29) is 17.4 Å². The highest BCUT2D eigenvalue weighted by molar-refractivity contribution is 5.95. The van der Waals surface area contributed by atoms with Crippen LogP contribution in [0, 0.1) is 5.92 Å². The summed E-state index contributed by atoms with van der Waals surface area (Å²) in [5, 5.41) is 0. The second kappa shape index (κ2) is 6.62. The standard InChI is InChI=1S/C21H22N2O4/c24-20(15-3-4-16-10-25-11-17(16)8-15)23-13-21(14-23)18(5-7-27-21)12-26-19-2-1-6-22-9-19/h1-4,6,8-9,18H,5,7,10-14H2/t18-/m1/s1. The summed E-state index contributed by atoms with van der Waals surface area (Å²) in [5.74, 6) is 1.13. The topological polar surface area (TPSA) is 60.9 Å². The molecule has 0 radical (unpaired) electrons. The van der Waals surface area contributed by atoms with Gasteiger partial charge in [0.2, 0.25) is 0 Å². The first kappa shape index (κ1) is 16.7. The molecule has 140 valence electrons. The summed E-state index contributed by atoms with van der Waals surface area (Å²) in [6.07, 6.45) is 4.41. The Bertz CT molecular complexity index is 849. The number of amides is 1. The molecule has 2 fully saturated rings. The van der Waals surface area contributed by atoms with E-state index in [2.05, 4.69) is 4.98 Å². The summed E-state index contributed by atoms with van der Waals surface area (Å²) < 4.78 is 17.4. The molecule has 0 bridgehead atoms. The molecule has 1 spiro atoms. The second-order valence-corrected chi connectivity index (χ2v) is 7.54. The predicted octanol–water partition coefficient (Wildman–Crippen LogP) is 2.42. The molecule has 0 N–H and O–H groups in total. The zero-order valence-electron chi connectivity index (χ0n) is 15.1. The number of likely N-dealkylation sites (tertiary alicyclic amines) is 1. The van der Waals surface area contributed by atoms with Gasteiger partial charge in [-0.1, -0.05) is 6.07 Å². The maximum Gasteiger partial charge on any atom is 0.254 e. The fourth-order valence-corrected chi connectivity index (χ4v) is 4.23. The van der Waals surface area contributed by atoms with Crippen LogP contribution in [-0.2, 0) is 22.7 Å². The maximum atomic E-state index is 12.8. The molecular formula is C21H22N2O4. The highest BCUT2D eigenvalue weighted by Crippen LogP contribution is 2.41. The van der Waals surface area contributed by atoms with Crippen molar-refractivity contribution in [3.05, 3.63) is 59.4 Å². The molecule has 6 heteroatoms. The number of pyridine rings is 1. The van der Waals surface area contributed by atoms with Gasteiger partial charge < -0.3 is 19.1 Å². The van der Waals surface area contributed by atoms with Crippen molar-refractivity contribution in [1.29, 1.82) is 0 Å². The quantitative estimate of drug-likeness (QED) is 0.832. The van der Waals surface area contributed by atoms with Gasteiger partial charge >= 0.3 is 0 Å². The van der Waals surface area contributed by atoms with Gasteiger partial charge in [-0.3, -0.25) is 9.78 Å². The van der Waals surface area contributed by atoms with Crippen LogP contribution in [-0.4, -0.2) is 47.7 Å². The van der Waals surface area contributed by atoms with Gasteiger partial charge in [-0.05, 0) is 41.8 Å². The number of ether oxygens (including phenoxy) is 3. The number of fused-ring (bicyclic) bond motifs is 1. The summed E-state index contributed by atoms with van der Waals surface area (Å²) in [5.41, 5.74) is 2.77. The molecule has 1 aromatic heterocycles. The lowest BCUT2D eigenvalue weighted by Gasteiger charge is -2.50. The lowest BCUT2D eigenvalue weighted by atomic mass is 9.81. The van der Waals surface area contributed by atoms with E-state index in [1.807, 2.05) is 35.2 Å². The van der Waals surface area contributed by atoms with Crippen molar-refractivity contribution in [3.8, 4) is 5.75 Å². The Hall–Kier alpha value is -2.44. The predicted molar refractivity (Wildman–Crippen MR) is 97.4 cm³/mol. The normalized spacial score (nSPS) is 22.5. The molecule has 5 rings (SSSR count). The van der Waals surface area contributed by atoms with Gasteiger partial charge in [0.15, 0.2) is 0 Å². The monoisotopic (exact) mass is 366 g/mol. The molecule has 3 aliphatic heterocycles. The molecule has 27 heavy (non-hydrogen) atoms. The van der Waals surface area contributed by atoms with E-state index in [9.17, 15) is 4.79 Å². The number of hydrogen-bond donors (Lipinski definition) is 0. The first-order valence-corrected chi connectivity index (χ1v) is 9.39. The molecule has 3 aliphatic rings. The van der Waals surface area contributed by atoms with Crippen molar-refractivity contribution < 1.29 is 19.0 Å². The van der Waals surface area contributed by atoms with Gasteiger partial charge in [0, 0.05) is 24.3 Å². The van der Waals surface area contributed by atoms with Crippen molar-refractivity contribution in [2.24, 2.45) is 5.92 Å². The molecule has 1 amide bonds. The average Bonchev–Trinajstić information content (AvgIpc) is 3.31. The number of nitrogens with zero attached hydrogens (tertiary/aromatic N) is 2. The lowest BCUT2D eigenvalue weighted by Crippen LogP contribution is -2.66. The van der Waals surface area contributed by atoms with E-state index in [1.54, 1.807) is 12.4 Å². The Morgan fingerprint density at radius 2 is 2.15 bits per heavy atom. The molecule has 6 nitrogen and oxygen atoms in total. The molecule has 1 aromatic carbocycles. The Labute approximate surface area is 158 Å². The Morgan fingerprint density at radius 1 is 1.26 bits per heavy atom. The first-order chi connectivity index (χ1) is 13.2. The van der Waals surface area contributed by atoms with Crippen LogP contribution in [0.15, 0.2) is 42.7 Å². The number of carbonyl (C=O) groups excluding carboxylic acids is 1. The van der Waals surface area contributed by atoms with Gasteiger partial charge in [0.25, 0.3) is 5.91 Å². The van der Waals surface area contributed by atoms with Crippen LogP contribution >= 0.6 is 0 Å². The summed E-state index contributed by atoms with van der Waals surface area (Å²) in [6, 6.07) is 9.64. The number of hydrogen-bond acceptors (Lipinski definition) is 5. The van der Waals surface area contributed by atoms with E-state index < -0.39 is 0 Å². The second-order valence-electron chi connectivity index (χ2n) is 7.54. The average molecular weight is 366 g/mol. The van der Waals surface area contributed by atoms with Crippen LogP contribution in [0.25, 0.3) is 0 Å².